The SMILES string of the molecule is COc1ccc([C@H](CC(=O)NCCc2ccc(Cl)cc2Cl)c2c[nH]c3ccccc23)cc1OC. The lowest BCUT2D eigenvalue weighted by Gasteiger charge is -2.19. The molecule has 4 aromatic rings. The molecular formula is C27H26Cl2N2O3. The number of fused-ring (bicyclic) bond motifs is 1. The van der Waals surface area contributed by atoms with Crippen LogP contribution >= 0.6 is 23.2 Å². The van der Waals surface area contributed by atoms with Gasteiger partial charge in [-0.3, -0.25) is 4.79 Å². The van der Waals surface area contributed by atoms with Crippen LogP contribution in [0.15, 0.2) is 66.9 Å². The van der Waals surface area contributed by atoms with Crippen molar-refractivity contribution < 1.29 is 14.3 Å². The van der Waals surface area contributed by atoms with Crippen LogP contribution < -0.4 is 14.8 Å². The summed E-state index contributed by atoms with van der Waals surface area (Å²) in [6.45, 7) is 0.479. The van der Waals surface area contributed by atoms with Crippen molar-refractivity contribution >= 4 is 40.0 Å². The van der Waals surface area contributed by atoms with Gasteiger partial charge in [-0.25, -0.2) is 0 Å². The van der Waals surface area contributed by atoms with E-state index >= 15 is 0 Å². The van der Waals surface area contributed by atoms with E-state index in [0.29, 0.717) is 34.5 Å². The molecule has 0 saturated heterocycles. The Labute approximate surface area is 209 Å². The molecule has 3 aromatic carbocycles. The Morgan fingerprint density at radius 3 is 2.56 bits per heavy atom. The molecular weight excluding hydrogens is 471 g/mol. The molecule has 5 nitrogen and oxygen atoms in total. The van der Waals surface area contributed by atoms with Gasteiger partial charge < -0.3 is 19.8 Å². The molecule has 0 fully saturated rings. The smallest absolute Gasteiger partial charge is 0.220 e. The topological polar surface area (TPSA) is 63.3 Å². The number of H-pyrrole nitrogens is 1. The number of hydrogen-bond donors (Lipinski definition) is 2. The number of para-hydroxylation sites is 1. The van der Waals surface area contributed by atoms with Crippen molar-refractivity contribution in [3.05, 3.63) is 93.6 Å². The zero-order valence-corrected chi connectivity index (χ0v) is 20.5. The fourth-order valence-corrected chi connectivity index (χ4v) is 4.68. The van der Waals surface area contributed by atoms with E-state index in [1.165, 1.54) is 0 Å². The van der Waals surface area contributed by atoms with Crippen molar-refractivity contribution in [1.82, 2.24) is 10.3 Å². The van der Waals surface area contributed by atoms with E-state index in [1.807, 2.05) is 48.7 Å². The molecule has 1 aromatic heterocycles. The van der Waals surface area contributed by atoms with Crippen LogP contribution in [0.1, 0.15) is 29.0 Å². The van der Waals surface area contributed by atoms with Gasteiger partial charge in [0.05, 0.1) is 14.2 Å². The van der Waals surface area contributed by atoms with Gasteiger partial charge in [-0.15, -0.1) is 0 Å². The Morgan fingerprint density at radius 2 is 1.79 bits per heavy atom. The van der Waals surface area contributed by atoms with Crippen LogP contribution in [0.4, 0.5) is 0 Å². The van der Waals surface area contributed by atoms with E-state index in [1.54, 1.807) is 26.4 Å². The Hall–Kier alpha value is -3.15. The van der Waals surface area contributed by atoms with Crippen LogP contribution in [0, 0.1) is 0 Å². The number of aromatic nitrogens is 1. The molecule has 2 N–H and O–H groups in total. The predicted molar refractivity (Wildman–Crippen MR) is 137 cm³/mol. The summed E-state index contributed by atoms with van der Waals surface area (Å²) >= 11 is 12.2. The van der Waals surface area contributed by atoms with Gasteiger partial charge in [0.1, 0.15) is 0 Å². The van der Waals surface area contributed by atoms with Crippen LogP contribution in [0.25, 0.3) is 10.9 Å². The van der Waals surface area contributed by atoms with Crippen LogP contribution in [-0.2, 0) is 11.2 Å². The van der Waals surface area contributed by atoms with Crippen molar-refractivity contribution in [2.24, 2.45) is 0 Å². The summed E-state index contributed by atoms with van der Waals surface area (Å²) in [5, 5.41) is 5.32. The minimum absolute atomic E-state index is 0.0462. The van der Waals surface area contributed by atoms with E-state index in [9.17, 15) is 4.79 Å². The maximum absolute atomic E-state index is 13.0. The van der Waals surface area contributed by atoms with Crippen LogP contribution in [0.3, 0.4) is 0 Å². The number of ether oxygens (including phenoxy) is 2. The number of methoxy groups -OCH3 is 2. The summed E-state index contributed by atoms with van der Waals surface area (Å²) in [4.78, 5) is 16.4. The maximum atomic E-state index is 13.0. The van der Waals surface area contributed by atoms with Crippen molar-refractivity contribution in [2.75, 3.05) is 20.8 Å². The lowest BCUT2D eigenvalue weighted by atomic mass is 9.87. The number of nitrogens with one attached hydrogen (secondary N) is 2. The zero-order valence-electron chi connectivity index (χ0n) is 19.0. The molecule has 0 radical (unpaired) electrons. The van der Waals surface area contributed by atoms with Gasteiger partial charge in [0.25, 0.3) is 0 Å². The molecule has 176 valence electrons. The third-order valence-corrected chi connectivity index (χ3v) is 6.51. The monoisotopic (exact) mass is 496 g/mol. The highest BCUT2D eigenvalue weighted by Crippen LogP contribution is 2.37. The van der Waals surface area contributed by atoms with E-state index in [4.69, 9.17) is 32.7 Å². The maximum Gasteiger partial charge on any atom is 0.220 e. The van der Waals surface area contributed by atoms with Crippen molar-refractivity contribution in [2.45, 2.75) is 18.8 Å². The predicted octanol–water partition coefficient (Wildman–Crippen LogP) is 6.37. The molecule has 0 spiro atoms. The summed E-state index contributed by atoms with van der Waals surface area (Å²) in [6.07, 6.45) is 2.88. The second-order valence-corrected chi connectivity index (χ2v) is 8.84. The Kier molecular flexibility index (Phi) is 7.66. The number of hydrogen-bond acceptors (Lipinski definition) is 3. The highest BCUT2D eigenvalue weighted by molar-refractivity contribution is 6.35. The first-order valence-corrected chi connectivity index (χ1v) is 11.7. The first-order valence-electron chi connectivity index (χ1n) is 11.0. The van der Waals surface area contributed by atoms with Gasteiger partial charge in [0.15, 0.2) is 11.5 Å². The Morgan fingerprint density at radius 1 is 1.00 bits per heavy atom. The van der Waals surface area contributed by atoms with Gasteiger partial charge in [-0.05, 0) is 53.4 Å². The molecule has 0 bridgehead atoms. The lowest BCUT2D eigenvalue weighted by Crippen LogP contribution is -2.27. The molecule has 0 unspecified atom stereocenters. The Bertz CT molecular complexity index is 1300. The van der Waals surface area contributed by atoms with Gasteiger partial charge >= 0.3 is 0 Å². The number of amides is 1. The first-order chi connectivity index (χ1) is 16.5. The highest BCUT2D eigenvalue weighted by atomic mass is 35.5. The molecule has 4 rings (SSSR count). The van der Waals surface area contributed by atoms with Crippen LogP contribution in [-0.4, -0.2) is 31.7 Å². The number of aromatic amines is 1. The van der Waals surface area contributed by atoms with Crippen molar-refractivity contribution in [1.29, 1.82) is 0 Å². The van der Waals surface area contributed by atoms with E-state index in [-0.39, 0.29) is 18.2 Å². The normalized spacial score (nSPS) is 11.9. The average Bonchev–Trinajstić information content (AvgIpc) is 3.27. The average molecular weight is 497 g/mol. The fourth-order valence-electron chi connectivity index (χ4n) is 4.18. The van der Waals surface area contributed by atoms with Crippen LogP contribution in [0.2, 0.25) is 10.0 Å². The molecule has 1 atom stereocenters. The molecule has 0 saturated carbocycles. The molecule has 34 heavy (non-hydrogen) atoms. The van der Waals surface area contributed by atoms with E-state index in [2.05, 4.69) is 16.4 Å². The third kappa shape index (κ3) is 5.32. The van der Waals surface area contributed by atoms with Crippen molar-refractivity contribution in [3.8, 4) is 11.5 Å². The molecule has 0 aliphatic rings. The standard InChI is InChI=1S/C27H26Cl2N2O3/c1-33-25-10-8-18(13-26(25)34-2)21(22-16-31-24-6-4-3-5-20(22)24)15-27(32)30-12-11-17-7-9-19(28)14-23(17)29/h3-10,13-14,16,21,31H,11-12,15H2,1-2H3,(H,30,32)/t21-/m0/s1. The van der Waals surface area contributed by atoms with Gasteiger partial charge in [0.2, 0.25) is 5.91 Å². The summed E-state index contributed by atoms with van der Waals surface area (Å²) in [5.41, 5.74) is 4.00. The van der Waals surface area contributed by atoms with Gasteiger partial charge in [0, 0.05) is 46.0 Å². The number of benzene rings is 3. The number of carbonyl (C=O) groups excluding carboxylic acids is 1. The number of carbonyl (C=O) groups is 1. The third-order valence-electron chi connectivity index (χ3n) is 5.93. The molecule has 1 heterocycles. The summed E-state index contributed by atoms with van der Waals surface area (Å²) in [7, 11) is 3.21. The minimum Gasteiger partial charge on any atom is -0.493 e. The Balaban J connectivity index is 1.56. The number of halogens is 2. The summed E-state index contributed by atoms with van der Waals surface area (Å²) in [6, 6.07) is 19.3. The quantitative estimate of drug-likeness (QED) is 0.282. The van der Waals surface area contributed by atoms with Gasteiger partial charge in [-0.2, -0.15) is 0 Å². The fraction of sp³-hybridized carbons (Fsp3) is 0.222. The minimum atomic E-state index is -0.171. The van der Waals surface area contributed by atoms with Crippen molar-refractivity contribution in [3.63, 3.8) is 0 Å². The lowest BCUT2D eigenvalue weighted by molar-refractivity contribution is -0.121. The first kappa shape index (κ1) is 24.0. The van der Waals surface area contributed by atoms with E-state index in [0.717, 1.165) is 27.6 Å². The second-order valence-electron chi connectivity index (χ2n) is 8.00. The number of rotatable bonds is 9. The van der Waals surface area contributed by atoms with E-state index < -0.39 is 0 Å². The highest BCUT2D eigenvalue weighted by Gasteiger charge is 2.23. The molecule has 1 amide bonds. The second kappa shape index (κ2) is 10.9. The molecule has 0 aliphatic carbocycles. The largest absolute Gasteiger partial charge is 0.493 e. The molecule has 0 aliphatic heterocycles. The zero-order chi connectivity index (χ0) is 24.1. The molecule has 7 heteroatoms. The van der Waals surface area contributed by atoms with Crippen LogP contribution in [0.5, 0.6) is 11.5 Å². The van der Waals surface area contributed by atoms with Gasteiger partial charge in [-0.1, -0.05) is 53.5 Å². The summed E-state index contributed by atoms with van der Waals surface area (Å²) < 4.78 is 10.9. The summed E-state index contributed by atoms with van der Waals surface area (Å²) in [5.74, 6) is 1.06.